The van der Waals surface area contributed by atoms with E-state index in [2.05, 4.69) is 25.2 Å². The van der Waals surface area contributed by atoms with Crippen molar-refractivity contribution < 1.29 is 4.74 Å². The van der Waals surface area contributed by atoms with Gasteiger partial charge < -0.3 is 15.5 Å². The van der Waals surface area contributed by atoms with E-state index < -0.39 is 0 Å². The van der Waals surface area contributed by atoms with Gasteiger partial charge in [0.2, 0.25) is 0 Å². The molecule has 1 fully saturated rings. The monoisotopic (exact) mass is 218 g/mol. The minimum Gasteiger partial charge on any atom is -0.377 e. The summed E-state index contributed by atoms with van der Waals surface area (Å²) < 4.78 is 5.16. The van der Waals surface area contributed by atoms with Gasteiger partial charge in [-0.3, -0.25) is 0 Å². The number of ether oxygens (including phenoxy) is 1. The molecule has 1 aromatic carbocycles. The molecule has 2 N–H and O–H groups in total. The van der Waals surface area contributed by atoms with E-state index >= 15 is 0 Å². The van der Waals surface area contributed by atoms with Crippen LogP contribution in [-0.4, -0.2) is 25.5 Å². The maximum absolute atomic E-state index is 7.45. The van der Waals surface area contributed by atoms with E-state index in [1.54, 1.807) is 0 Å². The molecule has 0 aliphatic carbocycles. The third kappa shape index (κ3) is 2.09. The number of hydrogen-bond acceptors (Lipinski definition) is 3. The average Bonchev–Trinajstić information content (AvgIpc) is 2.22. The first kappa shape index (κ1) is 11.1. The van der Waals surface area contributed by atoms with Crippen molar-refractivity contribution >= 4 is 11.9 Å². The number of anilines is 1. The third-order valence-electron chi connectivity index (χ3n) is 2.89. The van der Waals surface area contributed by atoms with Crippen LogP contribution in [0.2, 0.25) is 0 Å². The molecule has 0 spiro atoms. The van der Waals surface area contributed by atoms with Crippen molar-refractivity contribution in [1.29, 1.82) is 5.41 Å². The normalized spacial score (nSPS) is 15.9. The zero-order valence-electron chi connectivity index (χ0n) is 9.79. The van der Waals surface area contributed by atoms with E-state index in [0.717, 1.165) is 24.5 Å². The summed E-state index contributed by atoms with van der Waals surface area (Å²) in [4.78, 5) is 0. The second-order valence-corrected chi connectivity index (χ2v) is 4.49. The van der Waals surface area contributed by atoms with E-state index in [-0.39, 0.29) is 0 Å². The number of para-hydroxylation sites is 1. The molecule has 0 unspecified atom stereocenters. The summed E-state index contributed by atoms with van der Waals surface area (Å²) in [6.07, 6.45) is 1.41. The highest BCUT2D eigenvalue weighted by molar-refractivity contribution is 5.87. The molecule has 16 heavy (non-hydrogen) atoms. The molecule has 2 rings (SSSR count). The standard InChI is InChI=1S/C13H18N2O/c1-9(2)12-5-3-4-10(6-14)13(12)15-11-7-16-8-11/h3-6,9,11,14-15H,7-8H2,1-2H3. The lowest BCUT2D eigenvalue weighted by Gasteiger charge is -2.30. The van der Waals surface area contributed by atoms with Crippen molar-refractivity contribution in [2.75, 3.05) is 18.5 Å². The molecule has 1 aromatic rings. The number of rotatable bonds is 4. The van der Waals surface area contributed by atoms with E-state index in [0.29, 0.717) is 12.0 Å². The molecule has 1 aliphatic rings. The van der Waals surface area contributed by atoms with Crippen molar-refractivity contribution in [3.05, 3.63) is 29.3 Å². The molecule has 0 saturated carbocycles. The molecular formula is C13H18N2O. The van der Waals surface area contributed by atoms with Crippen molar-refractivity contribution in [1.82, 2.24) is 0 Å². The lowest BCUT2D eigenvalue weighted by atomic mass is 9.97. The Balaban J connectivity index is 2.32. The van der Waals surface area contributed by atoms with Crippen LogP contribution in [0.5, 0.6) is 0 Å². The molecule has 0 radical (unpaired) electrons. The van der Waals surface area contributed by atoms with Gasteiger partial charge >= 0.3 is 0 Å². The topological polar surface area (TPSA) is 45.1 Å². The second kappa shape index (κ2) is 4.66. The van der Waals surface area contributed by atoms with Gasteiger partial charge in [0.15, 0.2) is 0 Å². The number of nitrogens with one attached hydrogen (secondary N) is 2. The molecule has 1 heterocycles. The van der Waals surface area contributed by atoms with Crippen LogP contribution in [0.4, 0.5) is 5.69 Å². The van der Waals surface area contributed by atoms with E-state index in [1.165, 1.54) is 11.8 Å². The lowest BCUT2D eigenvalue weighted by molar-refractivity contribution is 0.0210. The van der Waals surface area contributed by atoms with Gasteiger partial charge in [-0.15, -0.1) is 0 Å². The van der Waals surface area contributed by atoms with Crippen molar-refractivity contribution in [3.8, 4) is 0 Å². The quantitative estimate of drug-likeness (QED) is 0.763. The Morgan fingerprint density at radius 2 is 2.19 bits per heavy atom. The second-order valence-electron chi connectivity index (χ2n) is 4.49. The van der Waals surface area contributed by atoms with Gasteiger partial charge in [0.1, 0.15) is 0 Å². The number of benzene rings is 1. The van der Waals surface area contributed by atoms with Crippen LogP contribution < -0.4 is 5.32 Å². The van der Waals surface area contributed by atoms with Gasteiger partial charge in [0.05, 0.1) is 19.3 Å². The Bertz CT molecular complexity index is 384. The Kier molecular flexibility index (Phi) is 3.25. The Hall–Kier alpha value is -1.35. The van der Waals surface area contributed by atoms with Crippen LogP contribution in [0.15, 0.2) is 18.2 Å². The molecule has 86 valence electrons. The third-order valence-corrected chi connectivity index (χ3v) is 2.89. The van der Waals surface area contributed by atoms with Crippen molar-refractivity contribution in [2.24, 2.45) is 0 Å². The Morgan fingerprint density at radius 3 is 2.69 bits per heavy atom. The fourth-order valence-electron chi connectivity index (χ4n) is 1.88. The molecule has 3 heteroatoms. The van der Waals surface area contributed by atoms with Gasteiger partial charge in [-0.05, 0) is 11.5 Å². The minimum absolute atomic E-state index is 0.401. The molecule has 0 amide bonds. The highest BCUT2D eigenvalue weighted by Gasteiger charge is 2.20. The van der Waals surface area contributed by atoms with Gasteiger partial charge in [0.25, 0.3) is 0 Å². The zero-order chi connectivity index (χ0) is 11.5. The first-order valence-corrected chi connectivity index (χ1v) is 5.70. The van der Waals surface area contributed by atoms with Crippen LogP contribution in [0, 0.1) is 5.41 Å². The van der Waals surface area contributed by atoms with Crippen LogP contribution in [-0.2, 0) is 4.74 Å². The molecular weight excluding hydrogens is 200 g/mol. The van der Waals surface area contributed by atoms with Crippen LogP contribution in [0.1, 0.15) is 30.9 Å². The van der Waals surface area contributed by atoms with Crippen LogP contribution >= 0.6 is 0 Å². The largest absolute Gasteiger partial charge is 0.377 e. The van der Waals surface area contributed by atoms with Crippen molar-refractivity contribution in [3.63, 3.8) is 0 Å². The first-order chi connectivity index (χ1) is 7.72. The SMILES string of the molecule is CC(C)c1cccc(C=N)c1NC1COC1. The summed E-state index contributed by atoms with van der Waals surface area (Å²) in [6.45, 7) is 5.88. The fraction of sp³-hybridized carbons (Fsp3) is 0.462. The maximum Gasteiger partial charge on any atom is 0.0729 e. The fourth-order valence-corrected chi connectivity index (χ4v) is 1.88. The summed E-state index contributed by atoms with van der Waals surface area (Å²) in [5, 5.41) is 10.9. The molecule has 1 aliphatic heterocycles. The van der Waals surface area contributed by atoms with Gasteiger partial charge in [0, 0.05) is 17.5 Å². The summed E-state index contributed by atoms with van der Waals surface area (Å²) in [7, 11) is 0. The maximum atomic E-state index is 7.45. The minimum atomic E-state index is 0.401. The van der Waals surface area contributed by atoms with E-state index in [4.69, 9.17) is 10.1 Å². The van der Waals surface area contributed by atoms with Crippen LogP contribution in [0.25, 0.3) is 0 Å². The van der Waals surface area contributed by atoms with Crippen LogP contribution in [0.3, 0.4) is 0 Å². The molecule has 0 bridgehead atoms. The Morgan fingerprint density at radius 1 is 1.44 bits per heavy atom. The predicted molar refractivity (Wildman–Crippen MR) is 66.6 cm³/mol. The van der Waals surface area contributed by atoms with Gasteiger partial charge in [-0.1, -0.05) is 32.0 Å². The molecule has 3 nitrogen and oxygen atoms in total. The zero-order valence-corrected chi connectivity index (χ0v) is 9.79. The molecule has 0 atom stereocenters. The molecule has 0 aromatic heterocycles. The summed E-state index contributed by atoms with van der Waals surface area (Å²) in [6, 6.07) is 6.51. The first-order valence-electron chi connectivity index (χ1n) is 5.70. The smallest absolute Gasteiger partial charge is 0.0729 e. The Labute approximate surface area is 96.3 Å². The predicted octanol–water partition coefficient (Wildman–Crippen LogP) is 2.62. The molecule has 1 saturated heterocycles. The highest BCUT2D eigenvalue weighted by Crippen LogP contribution is 2.28. The van der Waals surface area contributed by atoms with Crippen molar-refractivity contribution in [2.45, 2.75) is 25.8 Å². The van der Waals surface area contributed by atoms with Gasteiger partial charge in [-0.25, -0.2) is 0 Å². The lowest BCUT2D eigenvalue weighted by Crippen LogP contribution is -2.40. The van der Waals surface area contributed by atoms with Gasteiger partial charge in [-0.2, -0.15) is 0 Å². The summed E-state index contributed by atoms with van der Waals surface area (Å²) in [5.41, 5.74) is 3.33. The average molecular weight is 218 g/mol. The summed E-state index contributed by atoms with van der Waals surface area (Å²) in [5.74, 6) is 0.461. The number of hydrogen-bond donors (Lipinski definition) is 2. The summed E-state index contributed by atoms with van der Waals surface area (Å²) >= 11 is 0. The van der Waals surface area contributed by atoms with E-state index in [1.807, 2.05) is 12.1 Å². The van der Waals surface area contributed by atoms with E-state index in [9.17, 15) is 0 Å². The highest BCUT2D eigenvalue weighted by atomic mass is 16.5.